The molecule has 0 bridgehead atoms. The van der Waals surface area contributed by atoms with Crippen LogP contribution in [0.2, 0.25) is 5.04 Å². The number of benzene rings is 1. The van der Waals surface area contributed by atoms with Gasteiger partial charge in [-0.2, -0.15) is 26.3 Å². The lowest BCUT2D eigenvalue weighted by Gasteiger charge is -2.41. The van der Waals surface area contributed by atoms with E-state index in [4.69, 9.17) is 4.43 Å². The predicted molar refractivity (Wildman–Crippen MR) is 111 cm³/mol. The molecular weight excluding hydrogens is 470 g/mol. The summed E-state index contributed by atoms with van der Waals surface area (Å²) in [5, 5.41) is -1.55. The van der Waals surface area contributed by atoms with E-state index in [0.29, 0.717) is 0 Å². The van der Waals surface area contributed by atoms with Crippen LogP contribution in [0.3, 0.4) is 0 Å². The smallest absolute Gasteiger partial charge is 0.389 e. The minimum absolute atomic E-state index is 0.0226. The molecule has 33 heavy (non-hydrogen) atoms. The summed E-state index contributed by atoms with van der Waals surface area (Å²) >= 11 is 0. The van der Waals surface area contributed by atoms with E-state index in [0.717, 1.165) is 5.56 Å². The first kappa shape index (κ1) is 27.3. The van der Waals surface area contributed by atoms with E-state index in [1.807, 2.05) is 0 Å². The zero-order valence-corrected chi connectivity index (χ0v) is 19.5. The van der Waals surface area contributed by atoms with Crippen LogP contribution in [0, 0.1) is 0 Å². The third kappa shape index (κ3) is 6.56. The molecule has 2 atom stereocenters. The highest BCUT2D eigenvalue weighted by molar-refractivity contribution is 6.62. The molecule has 0 saturated heterocycles. The normalized spacial score (nSPS) is 19.6. The molecule has 0 aromatic heterocycles. The van der Waals surface area contributed by atoms with Gasteiger partial charge in [-0.25, -0.2) is 0 Å². The van der Waals surface area contributed by atoms with Crippen molar-refractivity contribution in [1.29, 1.82) is 0 Å². The molecule has 1 aliphatic carbocycles. The molecular formula is C22H26F6O4Si. The number of ketones is 1. The van der Waals surface area contributed by atoms with Crippen LogP contribution in [0.5, 0.6) is 0 Å². The van der Waals surface area contributed by atoms with Gasteiger partial charge in [0.2, 0.25) is 6.10 Å². The first-order valence-corrected chi connectivity index (χ1v) is 11.9. The average Bonchev–Trinajstić information content (AvgIpc) is 2.66. The first-order valence-electron chi connectivity index (χ1n) is 10.1. The Kier molecular flexibility index (Phi) is 7.74. The van der Waals surface area contributed by atoms with Crippen molar-refractivity contribution < 1.29 is 44.8 Å². The van der Waals surface area contributed by atoms with Gasteiger partial charge < -0.3 is 13.6 Å². The molecule has 0 radical (unpaired) electrons. The Morgan fingerprint density at radius 1 is 0.939 bits per heavy atom. The topological polar surface area (TPSA) is 55.8 Å². The van der Waals surface area contributed by atoms with Crippen molar-refractivity contribution in [3.8, 4) is 0 Å². The maximum atomic E-state index is 13.1. The summed E-state index contributed by atoms with van der Waals surface area (Å²) in [7, 11) is -5.08. The molecule has 0 aliphatic heterocycles. The van der Waals surface area contributed by atoms with Crippen LogP contribution in [-0.4, -0.2) is 43.9 Å². The van der Waals surface area contributed by atoms with E-state index >= 15 is 0 Å². The average molecular weight is 497 g/mol. The van der Waals surface area contributed by atoms with Gasteiger partial charge in [-0.05, 0) is 31.1 Å². The summed E-state index contributed by atoms with van der Waals surface area (Å²) in [4.78, 5) is 22.6. The van der Waals surface area contributed by atoms with E-state index in [-0.39, 0.29) is 12.2 Å². The molecule has 0 fully saturated rings. The van der Waals surface area contributed by atoms with Gasteiger partial charge in [0, 0.05) is 16.6 Å². The van der Waals surface area contributed by atoms with E-state index in [2.05, 4.69) is 4.43 Å². The summed E-state index contributed by atoms with van der Waals surface area (Å²) in [6, 6.07) is 8.81. The molecule has 2 unspecified atom stereocenters. The van der Waals surface area contributed by atoms with E-state index in [1.54, 1.807) is 42.5 Å². The summed E-state index contributed by atoms with van der Waals surface area (Å²) in [5.74, 6) is -0.266. The number of allylic oxidation sites excluding steroid dienone is 4. The second-order valence-electron chi connectivity index (χ2n) is 9.02. The molecule has 11 heteroatoms. The Balaban J connectivity index is 2.38. The third-order valence-corrected chi connectivity index (χ3v) is 8.38. The fourth-order valence-corrected chi connectivity index (χ4v) is 5.40. The standard InChI is InChI=1S/C22H26F6O4Si/c1-15(14-20(12-10-17(29)11-13-20)16-8-6-5-7-9-16)31-33(30,19(2,3)4)32-18(21(23,24)25)22(26,27)28/h5-13,15,18,30H,14H2,1-4H3. The molecule has 0 spiro atoms. The van der Waals surface area contributed by atoms with Crippen LogP contribution >= 0.6 is 0 Å². The molecule has 0 amide bonds. The maximum absolute atomic E-state index is 13.1. The van der Waals surface area contributed by atoms with Crippen LogP contribution < -0.4 is 0 Å². The van der Waals surface area contributed by atoms with Crippen molar-refractivity contribution in [2.24, 2.45) is 0 Å². The van der Waals surface area contributed by atoms with Gasteiger partial charge in [0.15, 0.2) is 5.78 Å². The summed E-state index contributed by atoms with van der Waals surface area (Å²) in [6.45, 7) is 5.18. The zero-order valence-electron chi connectivity index (χ0n) is 18.5. The monoisotopic (exact) mass is 496 g/mol. The third-order valence-electron chi connectivity index (χ3n) is 5.21. The minimum Gasteiger partial charge on any atom is -0.389 e. The van der Waals surface area contributed by atoms with Gasteiger partial charge >= 0.3 is 21.2 Å². The lowest BCUT2D eigenvalue weighted by molar-refractivity contribution is -0.310. The molecule has 4 nitrogen and oxygen atoms in total. The van der Waals surface area contributed by atoms with Gasteiger partial charge in [0.1, 0.15) is 0 Å². The molecule has 2 rings (SSSR count). The Morgan fingerprint density at radius 2 is 1.42 bits per heavy atom. The Labute approximate surface area is 189 Å². The van der Waals surface area contributed by atoms with Gasteiger partial charge in [0.05, 0.1) is 0 Å². The van der Waals surface area contributed by atoms with Gasteiger partial charge in [0.25, 0.3) is 0 Å². The van der Waals surface area contributed by atoms with Gasteiger partial charge in [-0.3, -0.25) is 4.79 Å². The number of hydrogen-bond donors (Lipinski definition) is 1. The molecule has 0 saturated carbocycles. The highest BCUT2D eigenvalue weighted by Crippen LogP contribution is 2.45. The van der Waals surface area contributed by atoms with Crippen molar-refractivity contribution in [1.82, 2.24) is 0 Å². The molecule has 0 heterocycles. The van der Waals surface area contributed by atoms with Crippen molar-refractivity contribution in [3.05, 3.63) is 60.2 Å². The molecule has 1 N–H and O–H groups in total. The van der Waals surface area contributed by atoms with Crippen LogP contribution in [0.1, 0.15) is 39.7 Å². The minimum atomic E-state index is -5.79. The van der Waals surface area contributed by atoms with Gasteiger partial charge in [-0.15, -0.1) is 0 Å². The molecule has 1 aromatic carbocycles. The number of rotatable bonds is 7. The summed E-state index contributed by atoms with van der Waals surface area (Å²) in [6.07, 6.45) is -11.0. The van der Waals surface area contributed by atoms with E-state index in [1.165, 1.54) is 39.8 Å². The second kappa shape index (κ2) is 9.36. The van der Waals surface area contributed by atoms with Crippen LogP contribution in [0.4, 0.5) is 26.3 Å². The van der Waals surface area contributed by atoms with Crippen LogP contribution in [-0.2, 0) is 19.1 Å². The maximum Gasteiger partial charge on any atom is 0.504 e. The number of carbonyl (C=O) groups is 1. The van der Waals surface area contributed by atoms with Crippen LogP contribution in [0.15, 0.2) is 54.6 Å². The molecule has 1 aromatic rings. The zero-order chi connectivity index (χ0) is 25.3. The fraction of sp³-hybridized carbons (Fsp3) is 0.500. The number of alkyl halides is 6. The first-order chi connectivity index (χ1) is 14.9. The second-order valence-corrected chi connectivity index (χ2v) is 12.2. The van der Waals surface area contributed by atoms with E-state index in [9.17, 15) is 35.9 Å². The highest BCUT2D eigenvalue weighted by Gasteiger charge is 2.64. The Hall–Kier alpha value is -1.95. The van der Waals surface area contributed by atoms with Crippen LogP contribution in [0.25, 0.3) is 0 Å². The Morgan fingerprint density at radius 3 is 1.85 bits per heavy atom. The van der Waals surface area contributed by atoms with Crippen molar-refractivity contribution in [2.75, 3.05) is 0 Å². The summed E-state index contributed by atoms with van der Waals surface area (Å²) < 4.78 is 88.6. The van der Waals surface area contributed by atoms with Crippen molar-refractivity contribution >= 4 is 14.6 Å². The fourth-order valence-electron chi connectivity index (χ4n) is 3.42. The summed E-state index contributed by atoms with van der Waals surface area (Å²) in [5.41, 5.74) is -0.194. The lowest BCUT2D eigenvalue weighted by Crippen LogP contribution is -2.60. The van der Waals surface area contributed by atoms with Crippen molar-refractivity contribution in [2.45, 2.75) is 69.1 Å². The van der Waals surface area contributed by atoms with Gasteiger partial charge in [-0.1, -0.05) is 63.3 Å². The highest BCUT2D eigenvalue weighted by atomic mass is 28.4. The number of carbonyl (C=O) groups excluding carboxylic acids is 1. The van der Waals surface area contributed by atoms with E-state index < -0.39 is 43.8 Å². The lowest BCUT2D eigenvalue weighted by atomic mass is 9.73. The predicted octanol–water partition coefficient (Wildman–Crippen LogP) is 5.66. The Bertz CT molecular complexity index is 859. The number of hydrogen-bond acceptors (Lipinski definition) is 4. The molecule has 184 valence electrons. The quantitative estimate of drug-likeness (QED) is 0.391. The number of halogens is 6. The van der Waals surface area contributed by atoms with Crippen molar-refractivity contribution in [3.63, 3.8) is 0 Å². The SMILES string of the molecule is CC(CC1(c2ccccc2)C=CC(=O)C=C1)O[Si](O)(OC(C(F)(F)F)C(F)(F)F)C(C)(C)C. The largest absolute Gasteiger partial charge is 0.504 e. The molecule has 1 aliphatic rings.